The molecule has 1 aromatic carbocycles. The van der Waals surface area contributed by atoms with Crippen LogP contribution in [-0.2, 0) is 6.42 Å². The molecule has 0 spiro atoms. The van der Waals surface area contributed by atoms with E-state index in [1.807, 2.05) is 24.4 Å². The number of fused-ring (bicyclic) bond motifs is 2. The second-order valence-corrected chi connectivity index (χ2v) is 4.98. The maximum absolute atomic E-state index is 5.75. The lowest BCUT2D eigenvalue weighted by Gasteiger charge is -2.04. The molecular formula is C16H13N5. The van der Waals surface area contributed by atoms with E-state index in [9.17, 15) is 0 Å². The summed E-state index contributed by atoms with van der Waals surface area (Å²) in [6.07, 6.45) is 4.40. The summed E-state index contributed by atoms with van der Waals surface area (Å²) >= 11 is 0. The minimum Gasteiger partial charge on any atom is -0.382 e. The lowest BCUT2D eigenvalue weighted by molar-refractivity contribution is 0.879. The molecule has 0 radical (unpaired) electrons. The van der Waals surface area contributed by atoms with Gasteiger partial charge >= 0.3 is 0 Å². The third kappa shape index (κ3) is 2.08. The Labute approximate surface area is 121 Å². The maximum atomic E-state index is 5.75. The van der Waals surface area contributed by atoms with Crippen LogP contribution in [0.5, 0.6) is 0 Å². The van der Waals surface area contributed by atoms with Gasteiger partial charge in [-0.25, -0.2) is 9.50 Å². The smallest absolute Gasteiger partial charge is 0.153 e. The van der Waals surface area contributed by atoms with Crippen LogP contribution in [-0.4, -0.2) is 19.6 Å². The van der Waals surface area contributed by atoms with E-state index < -0.39 is 0 Å². The van der Waals surface area contributed by atoms with Crippen molar-refractivity contribution in [2.45, 2.75) is 6.42 Å². The van der Waals surface area contributed by atoms with E-state index >= 15 is 0 Å². The number of benzene rings is 1. The summed E-state index contributed by atoms with van der Waals surface area (Å²) < 4.78 is 1.79. The maximum Gasteiger partial charge on any atom is 0.153 e. The molecule has 3 aromatic heterocycles. The fourth-order valence-corrected chi connectivity index (χ4v) is 2.50. The van der Waals surface area contributed by atoms with Gasteiger partial charge in [0.1, 0.15) is 5.82 Å². The molecule has 0 atom stereocenters. The molecule has 4 rings (SSSR count). The van der Waals surface area contributed by atoms with Crippen molar-refractivity contribution < 1.29 is 0 Å². The van der Waals surface area contributed by atoms with E-state index in [4.69, 9.17) is 5.73 Å². The second-order valence-electron chi connectivity index (χ2n) is 4.98. The summed E-state index contributed by atoms with van der Waals surface area (Å²) in [5.74, 6) is 0.490. The molecule has 0 aliphatic heterocycles. The Kier molecular flexibility index (Phi) is 2.57. The molecule has 0 saturated heterocycles. The van der Waals surface area contributed by atoms with Gasteiger partial charge in [-0.05, 0) is 35.9 Å². The Morgan fingerprint density at radius 3 is 2.95 bits per heavy atom. The van der Waals surface area contributed by atoms with Crippen LogP contribution in [0.4, 0.5) is 5.82 Å². The second kappa shape index (κ2) is 4.56. The highest BCUT2D eigenvalue weighted by molar-refractivity contribution is 5.79. The van der Waals surface area contributed by atoms with E-state index in [1.165, 1.54) is 5.56 Å². The first-order valence-corrected chi connectivity index (χ1v) is 6.72. The van der Waals surface area contributed by atoms with Crippen molar-refractivity contribution in [1.82, 2.24) is 19.6 Å². The molecule has 0 aliphatic rings. The number of hydrogen-bond donors (Lipinski definition) is 1. The number of rotatable bonds is 2. The number of pyridine rings is 1. The normalized spacial score (nSPS) is 11.2. The van der Waals surface area contributed by atoms with Gasteiger partial charge in [-0.3, -0.25) is 4.98 Å². The van der Waals surface area contributed by atoms with Gasteiger partial charge in [-0.2, -0.15) is 0 Å². The van der Waals surface area contributed by atoms with Gasteiger partial charge in [0.25, 0.3) is 0 Å². The molecule has 2 N–H and O–H groups in total. The first-order chi connectivity index (χ1) is 10.3. The number of nitrogens with two attached hydrogens (primary N) is 1. The number of imidazole rings is 1. The topological polar surface area (TPSA) is 69.1 Å². The zero-order chi connectivity index (χ0) is 14.2. The summed E-state index contributed by atoms with van der Waals surface area (Å²) in [6, 6.07) is 13.9. The van der Waals surface area contributed by atoms with Crippen molar-refractivity contribution in [3.63, 3.8) is 0 Å². The summed E-state index contributed by atoms with van der Waals surface area (Å²) in [5, 5.41) is 5.45. The quantitative estimate of drug-likeness (QED) is 0.610. The van der Waals surface area contributed by atoms with E-state index in [2.05, 4.69) is 33.3 Å². The summed E-state index contributed by atoms with van der Waals surface area (Å²) in [6.45, 7) is 0. The minimum absolute atomic E-state index is 0.490. The molecule has 0 saturated carbocycles. The van der Waals surface area contributed by atoms with Crippen LogP contribution in [0, 0.1) is 0 Å². The Morgan fingerprint density at radius 2 is 2.00 bits per heavy atom. The Morgan fingerprint density at radius 1 is 1.05 bits per heavy atom. The minimum atomic E-state index is 0.490. The molecule has 0 unspecified atom stereocenters. The summed E-state index contributed by atoms with van der Waals surface area (Å²) in [4.78, 5) is 8.69. The van der Waals surface area contributed by atoms with Crippen molar-refractivity contribution >= 4 is 22.4 Å². The monoisotopic (exact) mass is 275 g/mol. The van der Waals surface area contributed by atoms with Crippen LogP contribution in [0.1, 0.15) is 11.3 Å². The SMILES string of the molecule is Nc1ccc2ncc(Cc3ccc4ncccc4c3)n2n1. The third-order valence-corrected chi connectivity index (χ3v) is 3.51. The third-order valence-electron chi connectivity index (χ3n) is 3.51. The predicted octanol–water partition coefficient (Wildman–Crippen LogP) is 2.45. The molecule has 5 heteroatoms. The first-order valence-electron chi connectivity index (χ1n) is 6.72. The predicted molar refractivity (Wildman–Crippen MR) is 81.9 cm³/mol. The average molecular weight is 275 g/mol. The van der Waals surface area contributed by atoms with E-state index in [0.717, 1.165) is 28.7 Å². The van der Waals surface area contributed by atoms with Gasteiger partial charge < -0.3 is 5.73 Å². The van der Waals surface area contributed by atoms with Crippen LogP contribution in [0.2, 0.25) is 0 Å². The van der Waals surface area contributed by atoms with Gasteiger partial charge in [-0.15, -0.1) is 5.10 Å². The highest BCUT2D eigenvalue weighted by atomic mass is 15.3. The summed E-state index contributed by atoms with van der Waals surface area (Å²) in [5.41, 5.74) is 9.77. The molecule has 102 valence electrons. The number of nitrogens with zero attached hydrogens (tertiary/aromatic N) is 4. The van der Waals surface area contributed by atoms with Gasteiger partial charge in [-0.1, -0.05) is 12.1 Å². The number of aromatic nitrogens is 4. The van der Waals surface area contributed by atoms with E-state index in [1.54, 1.807) is 16.8 Å². The fourth-order valence-electron chi connectivity index (χ4n) is 2.50. The zero-order valence-electron chi connectivity index (χ0n) is 11.3. The lowest BCUT2D eigenvalue weighted by Crippen LogP contribution is -2.01. The Balaban J connectivity index is 1.77. The molecule has 3 heterocycles. The van der Waals surface area contributed by atoms with Crippen molar-refractivity contribution in [1.29, 1.82) is 0 Å². The molecule has 21 heavy (non-hydrogen) atoms. The summed E-state index contributed by atoms with van der Waals surface area (Å²) in [7, 11) is 0. The van der Waals surface area contributed by atoms with Crippen molar-refractivity contribution in [3.8, 4) is 0 Å². The zero-order valence-corrected chi connectivity index (χ0v) is 11.3. The van der Waals surface area contributed by atoms with Gasteiger partial charge in [0.2, 0.25) is 0 Å². The van der Waals surface area contributed by atoms with Crippen LogP contribution in [0.25, 0.3) is 16.6 Å². The molecular weight excluding hydrogens is 262 g/mol. The van der Waals surface area contributed by atoms with Crippen molar-refractivity contribution in [3.05, 3.63) is 66.1 Å². The van der Waals surface area contributed by atoms with E-state index in [0.29, 0.717) is 5.82 Å². The number of anilines is 1. The molecule has 0 amide bonds. The first kappa shape index (κ1) is 11.8. The Hall–Kier alpha value is -2.95. The highest BCUT2D eigenvalue weighted by Crippen LogP contribution is 2.17. The number of hydrogen-bond acceptors (Lipinski definition) is 4. The molecule has 0 fully saturated rings. The number of nitrogen functional groups attached to an aromatic ring is 1. The Bertz CT molecular complexity index is 942. The van der Waals surface area contributed by atoms with Gasteiger partial charge in [0.05, 0.1) is 17.4 Å². The molecule has 5 nitrogen and oxygen atoms in total. The van der Waals surface area contributed by atoms with Crippen molar-refractivity contribution in [2.24, 2.45) is 0 Å². The highest BCUT2D eigenvalue weighted by Gasteiger charge is 2.06. The van der Waals surface area contributed by atoms with Gasteiger partial charge in [0.15, 0.2) is 5.65 Å². The van der Waals surface area contributed by atoms with Crippen LogP contribution in [0.3, 0.4) is 0 Å². The molecule has 0 bridgehead atoms. The van der Waals surface area contributed by atoms with Gasteiger partial charge in [0, 0.05) is 18.0 Å². The largest absolute Gasteiger partial charge is 0.382 e. The molecule has 0 aliphatic carbocycles. The fraction of sp³-hybridized carbons (Fsp3) is 0.0625. The molecule has 4 aromatic rings. The lowest BCUT2D eigenvalue weighted by atomic mass is 10.1. The van der Waals surface area contributed by atoms with Crippen molar-refractivity contribution in [2.75, 3.05) is 5.73 Å². The van der Waals surface area contributed by atoms with Crippen LogP contribution >= 0.6 is 0 Å². The standard InChI is InChI=1S/C16H13N5/c17-15-5-6-16-19-10-13(21(16)20-15)9-11-3-4-14-12(8-11)2-1-7-18-14/h1-8,10H,9H2,(H2,17,20). The van der Waals surface area contributed by atoms with E-state index in [-0.39, 0.29) is 0 Å². The average Bonchev–Trinajstić information content (AvgIpc) is 2.89. The van der Waals surface area contributed by atoms with Crippen LogP contribution in [0.15, 0.2) is 54.9 Å². The van der Waals surface area contributed by atoms with Crippen LogP contribution < -0.4 is 5.73 Å².